The number of amides is 2. The second-order valence-electron chi connectivity index (χ2n) is 10.1. The Balaban J connectivity index is 1.29. The van der Waals surface area contributed by atoms with Gasteiger partial charge in [0.1, 0.15) is 5.75 Å². The van der Waals surface area contributed by atoms with Crippen molar-refractivity contribution in [1.29, 1.82) is 0 Å². The Labute approximate surface area is 214 Å². The van der Waals surface area contributed by atoms with Gasteiger partial charge in [-0.25, -0.2) is 0 Å². The molecule has 6 atom stereocenters. The van der Waals surface area contributed by atoms with Crippen LogP contribution in [0.4, 0.5) is 17.1 Å². The molecule has 2 amide bonds. The number of nitrogens with one attached hydrogen (secondary N) is 1. The number of hydrogen-bond donors (Lipinski definition) is 4. The molecule has 4 N–H and O–H groups in total. The maximum atomic E-state index is 13.7. The number of phenols is 1. The van der Waals surface area contributed by atoms with Crippen LogP contribution in [0.2, 0.25) is 0 Å². The van der Waals surface area contributed by atoms with Crippen molar-refractivity contribution in [2.45, 2.75) is 24.7 Å². The van der Waals surface area contributed by atoms with Gasteiger partial charge in [-0.1, -0.05) is 36.4 Å². The number of carbonyl (C=O) groups excluding carboxylic acids is 2. The van der Waals surface area contributed by atoms with E-state index in [1.807, 2.05) is 42.5 Å². The van der Waals surface area contributed by atoms with Crippen LogP contribution in [0.25, 0.3) is 0 Å². The average molecular weight is 501 g/mol. The van der Waals surface area contributed by atoms with E-state index in [0.29, 0.717) is 11.3 Å². The van der Waals surface area contributed by atoms with Crippen molar-refractivity contribution in [3.8, 4) is 5.75 Å². The molecule has 3 aliphatic rings. The van der Waals surface area contributed by atoms with Crippen molar-refractivity contribution >= 4 is 28.9 Å². The van der Waals surface area contributed by atoms with Gasteiger partial charge < -0.3 is 25.4 Å². The van der Waals surface area contributed by atoms with Gasteiger partial charge in [0.2, 0.25) is 11.8 Å². The maximum Gasteiger partial charge on any atom is 0.238 e. The first-order valence-electron chi connectivity index (χ1n) is 12.5. The summed E-state index contributed by atoms with van der Waals surface area (Å²) in [6.07, 6.45) is -0.279. The average Bonchev–Trinajstić information content (AvgIpc) is 3.38. The summed E-state index contributed by atoms with van der Waals surface area (Å²) in [5, 5.41) is 35.4. The van der Waals surface area contributed by atoms with Crippen LogP contribution in [0.15, 0.2) is 78.9 Å². The first-order chi connectivity index (χ1) is 17.9. The quantitative estimate of drug-likeness (QED) is 0.394. The number of rotatable bonds is 5. The van der Waals surface area contributed by atoms with Crippen LogP contribution in [0.1, 0.15) is 24.5 Å². The molecule has 0 aromatic heterocycles. The van der Waals surface area contributed by atoms with Crippen LogP contribution in [-0.4, -0.2) is 39.5 Å². The summed E-state index contributed by atoms with van der Waals surface area (Å²) in [4.78, 5) is 28.5. The van der Waals surface area contributed by atoms with Crippen LogP contribution in [0, 0.1) is 23.7 Å². The van der Waals surface area contributed by atoms with Gasteiger partial charge in [-0.3, -0.25) is 14.5 Å². The van der Waals surface area contributed by atoms with Gasteiger partial charge in [0.25, 0.3) is 0 Å². The number of aliphatic hydroxyl groups excluding tert-OH is 1. The fourth-order valence-corrected chi connectivity index (χ4v) is 6.28. The van der Waals surface area contributed by atoms with Gasteiger partial charge in [-0.2, -0.15) is 0 Å². The molecule has 3 aromatic rings. The molecule has 0 spiro atoms. The number of phenolic OH excluding ortho intramolecular Hbond substituents is 1. The Kier molecular flexibility index (Phi) is 5.75. The van der Waals surface area contributed by atoms with E-state index in [0.717, 1.165) is 11.4 Å². The molecule has 1 aliphatic carbocycles. The number of para-hydroxylation sites is 2. The largest absolute Gasteiger partial charge is 0.508 e. The van der Waals surface area contributed by atoms with Gasteiger partial charge in [-0.05, 0) is 55.3 Å². The first-order valence-corrected chi connectivity index (χ1v) is 12.5. The van der Waals surface area contributed by atoms with Crippen molar-refractivity contribution < 1.29 is 29.6 Å². The number of imide groups is 1. The van der Waals surface area contributed by atoms with Gasteiger partial charge in [0.15, 0.2) is 5.79 Å². The maximum absolute atomic E-state index is 13.7. The molecule has 6 rings (SSSR count). The third-order valence-electron chi connectivity index (χ3n) is 8.06. The summed E-state index contributed by atoms with van der Waals surface area (Å²) in [7, 11) is 0. The molecule has 0 bridgehead atoms. The van der Waals surface area contributed by atoms with Gasteiger partial charge in [0, 0.05) is 28.8 Å². The Morgan fingerprint density at radius 1 is 0.892 bits per heavy atom. The van der Waals surface area contributed by atoms with Crippen molar-refractivity contribution in [2.24, 2.45) is 23.7 Å². The van der Waals surface area contributed by atoms with E-state index in [1.54, 1.807) is 36.4 Å². The number of aromatic hydroxyl groups is 1. The molecule has 8 nitrogen and oxygen atoms in total. The molecule has 37 heavy (non-hydrogen) atoms. The molecule has 2 saturated heterocycles. The highest BCUT2D eigenvalue weighted by Gasteiger charge is 2.66. The van der Waals surface area contributed by atoms with E-state index in [-0.39, 0.29) is 37.0 Å². The lowest BCUT2D eigenvalue weighted by Crippen LogP contribution is -2.54. The third kappa shape index (κ3) is 3.80. The number of fused-ring (bicyclic) bond motifs is 3. The van der Waals surface area contributed by atoms with E-state index >= 15 is 0 Å². The van der Waals surface area contributed by atoms with Crippen molar-refractivity contribution in [3.63, 3.8) is 0 Å². The molecule has 3 fully saturated rings. The predicted molar refractivity (Wildman–Crippen MR) is 136 cm³/mol. The number of anilines is 3. The zero-order chi connectivity index (χ0) is 25.7. The lowest BCUT2D eigenvalue weighted by Gasteiger charge is -2.44. The first kappa shape index (κ1) is 23.7. The number of benzene rings is 3. The zero-order valence-corrected chi connectivity index (χ0v) is 20.0. The Hall–Kier alpha value is -3.72. The highest BCUT2D eigenvalue weighted by molar-refractivity contribution is 6.22. The predicted octanol–water partition coefficient (Wildman–Crippen LogP) is 3.72. The van der Waals surface area contributed by atoms with E-state index in [2.05, 4.69) is 5.32 Å². The summed E-state index contributed by atoms with van der Waals surface area (Å²) in [6, 6.07) is 23.5. The monoisotopic (exact) mass is 500 g/mol. The normalized spacial score (nSPS) is 30.8. The zero-order valence-electron chi connectivity index (χ0n) is 20.0. The lowest BCUT2D eigenvalue weighted by atomic mass is 9.64. The number of nitrogens with zero attached hydrogens (tertiary/aromatic N) is 1. The second-order valence-corrected chi connectivity index (χ2v) is 10.1. The number of ether oxygens (including phenoxy) is 1. The molecule has 190 valence electrons. The smallest absolute Gasteiger partial charge is 0.238 e. The fourth-order valence-electron chi connectivity index (χ4n) is 6.28. The van der Waals surface area contributed by atoms with Crippen molar-refractivity contribution in [1.82, 2.24) is 0 Å². The van der Waals surface area contributed by atoms with Crippen LogP contribution >= 0.6 is 0 Å². The third-order valence-corrected chi connectivity index (χ3v) is 8.06. The summed E-state index contributed by atoms with van der Waals surface area (Å²) >= 11 is 0. The minimum Gasteiger partial charge on any atom is -0.508 e. The number of carbonyl (C=O) groups is 2. The summed E-state index contributed by atoms with van der Waals surface area (Å²) in [6.45, 7) is -0.384. The highest BCUT2D eigenvalue weighted by Crippen LogP contribution is 2.59. The SMILES string of the molecule is O=C1[C@H]2[C@H](C[C@H](CO)[C@@]3(O)O[C@H](c4ccccc4O)C[C@@H]23)C(=O)N1c1ccc(Nc2ccccc2)cc1. The summed E-state index contributed by atoms with van der Waals surface area (Å²) in [5.74, 6) is -5.32. The second kappa shape index (κ2) is 8.99. The minimum absolute atomic E-state index is 0.0338. The van der Waals surface area contributed by atoms with Crippen LogP contribution < -0.4 is 10.2 Å². The van der Waals surface area contributed by atoms with Gasteiger partial charge in [0.05, 0.1) is 30.2 Å². The summed E-state index contributed by atoms with van der Waals surface area (Å²) < 4.78 is 6.07. The van der Waals surface area contributed by atoms with E-state index < -0.39 is 35.6 Å². The van der Waals surface area contributed by atoms with Crippen LogP contribution in [-0.2, 0) is 14.3 Å². The van der Waals surface area contributed by atoms with Crippen LogP contribution in [0.3, 0.4) is 0 Å². The number of hydrogen-bond acceptors (Lipinski definition) is 7. The molecule has 0 unspecified atom stereocenters. The van der Waals surface area contributed by atoms with E-state index in [9.17, 15) is 24.9 Å². The van der Waals surface area contributed by atoms with Crippen LogP contribution in [0.5, 0.6) is 5.75 Å². The number of aliphatic hydroxyl groups is 2. The molecule has 3 aromatic carbocycles. The van der Waals surface area contributed by atoms with Gasteiger partial charge in [-0.15, -0.1) is 0 Å². The highest BCUT2D eigenvalue weighted by atomic mass is 16.6. The standard InChI is InChI=1S/C29H28N2O6/c32-16-17-14-22-26(23-15-25(37-29(17,23)36)21-8-4-5-9-24(21)33)28(35)31(27(22)34)20-12-10-19(11-13-20)30-18-6-2-1-3-7-18/h1-13,17,22-23,25-26,30,32-33,36H,14-16H2/t17-,22+,23+,25+,26+,29-/m1/s1. The topological polar surface area (TPSA) is 119 Å². The summed E-state index contributed by atoms with van der Waals surface area (Å²) in [5.41, 5.74) is 2.71. The molecule has 1 saturated carbocycles. The minimum atomic E-state index is -1.78. The molecule has 2 heterocycles. The molecule has 0 radical (unpaired) electrons. The van der Waals surface area contributed by atoms with E-state index in [4.69, 9.17) is 4.74 Å². The van der Waals surface area contributed by atoms with Crippen molar-refractivity contribution in [3.05, 3.63) is 84.4 Å². The van der Waals surface area contributed by atoms with E-state index in [1.165, 1.54) is 4.90 Å². The molecular weight excluding hydrogens is 472 g/mol. The Morgan fingerprint density at radius 3 is 2.27 bits per heavy atom. The fraction of sp³-hybridized carbons (Fsp3) is 0.310. The van der Waals surface area contributed by atoms with Crippen molar-refractivity contribution in [2.75, 3.05) is 16.8 Å². The Bertz CT molecular complexity index is 1330. The Morgan fingerprint density at radius 2 is 1.57 bits per heavy atom. The molecule has 2 aliphatic heterocycles. The van der Waals surface area contributed by atoms with Gasteiger partial charge >= 0.3 is 0 Å². The molecular formula is C29H28N2O6. The molecule has 8 heteroatoms. The lowest BCUT2D eigenvalue weighted by molar-refractivity contribution is -0.274.